The van der Waals surface area contributed by atoms with Crippen LogP contribution in [0.3, 0.4) is 0 Å². The van der Waals surface area contributed by atoms with Crippen molar-refractivity contribution in [2.24, 2.45) is 5.73 Å². The number of urea groups is 1. The van der Waals surface area contributed by atoms with Gasteiger partial charge in [-0.2, -0.15) is 11.8 Å². The van der Waals surface area contributed by atoms with E-state index in [1.165, 1.54) is 0 Å². The molecule has 0 bridgehead atoms. The highest BCUT2D eigenvalue weighted by Gasteiger charge is 2.35. The minimum absolute atomic E-state index is 0.0770. The molecular weight excluding hydrogens is 496 g/mol. The number of hydrogen-bond donors (Lipinski definition) is 3. The normalized spacial score (nSPS) is 18.9. The molecule has 0 aromatic rings. The summed E-state index contributed by atoms with van der Waals surface area (Å²) in [5, 5.41) is 5.68. The molecule has 0 aromatic heterocycles. The number of rotatable bonds is 14. The maximum absolute atomic E-state index is 11.9. The van der Waals surface area contributed by atoms with Crippen LogP contribution in [0.15, 0.2) is 0 Å². The van der Waals surface area contributed by atoms with Gasteiger partial charge in [0.25, 0.3) is 0 Å². The van der Waals surface area contributed by atoms with Gasteiger partial charge >= 0.3 is 6.03 Å². The summed E-state index contributed by atoms with van der Waals surface area (Å²) in [6.07, 6.45) is 5.35. The zero-order valence-corrected chi connectivity index (χ0v) is 24.3. The molecule has 0 aliphatic carbocycles. The lowest BCUT2D eigenvalue weighted by molar-refractivity contribution is -0.150. The third-order valence-electron chi connectivity index (χ3n) is 5.77. The summed E-state index contributed by atoms with van der Waals surface area (Å²) in [5.74, 6) is 0.535. The first kappa shape index (κ1) is 34.9. The van der Waals surface area contributed by atoms with Crippen LogP contribution in [0.5, 0.6) is 0 Å². The Bertz CT molecular complexity index is 731. The molecule has 2 atom stereocenters. The smallest absolute Gasteiger partial charge is 0.315 e. The van der Waals surface area contributed by atoms with Crippen LogP contribution < -0.4 is 16.4 Å². The van der Waals surface area contributed by atoms with Crippen LogP contribution in [0.2, 0.25) is 0 Å². The van der Waals surface area contributed by atoms with Gasteiger partial charge in [-0.15, -0.1) is 0 Å². The molecule has 2 unspecified atom stereocenters. The summed E-state index contributed by atoms with van der Waals surface area (Å²) in [7, 11) is 0. The molecule has 11 heteroatoms. The van der Waals surface area contributed by atoms with E-state index in [-0.39, 0.29) is 55.1 Å². The number of carbonyl (C=O) groups excluding carboxylic acids is 5. The summed E-state index contributed by atoms with van der Waals surface area (Å²) in [6.45, 7) is 12.6. The summed E-state index contributed by atoms with van der Waals surface area (Å²) in [6, 6.07) is 0.339. The molecule has 4 N–H and O–H groups in total. The Balaban J connectivity index is 0.000000665. The van der Waals surface area contributed by atoms with Crippen molar-refractivity contribution in [3.63, 3.8) is 0 Å². The number of nitrogens with two attached hydrogens (primary N) is 1. The first-order valence-corrected chi connectivity index (χ1v) is 14.6. The molecule has 10 nitrogen and oxygen atoms in total. The average molecular weight is 545 g/mol. The summed E-state index contributed by atoms with van der Waals surface area (Å²) in [5.41, 5.74) is 4.63. The predicted octanol–water partition coefficient (Wildman–Crippen LogP) is 3.51. The van der Waals surface area contributed by atoms with E-state index in [0.717, 1.165) is 42.1 Å². The van der Waals surface area contributed by atoms with Crippen molar-refractivity contribution in [1.82, 2.24) is 15.5 Å². The molecule has 2 fully saturated rings. The summed E-state index contributed by atoms with van der Waals surface area (Å²) >= 11 is 1.80. The Hall–Kier alpha value is -2.14. The highest BCUT2D eigenvalue weighted by atomic mass is 32.2. The number of ether oxygens (including phenoxy) is 1. The SMILES string of the molecule is CC.CC1NC(=O)NC1CSCCCCC(N)=O.CCCCOC(C)(C)CCC(=O)N1C(=O)CCC1=O. The Morgan fingerprint density at radius 1 is 1.05 bits per heavy atom. The molecule has 0 saturated carbocycles. The van der Waals surface area contributed by atoms with Gasteiger partial charge in [0, 0.05) is 44.1 Å². The molecule has 0 spiro atoms. The number of unbranched alkanes of at least 4 members (excludes halogenated alkanes) is 2. The first-order valence-electron chi connectivity index (χ1n) is 13.4. The summed E-state index contributed by atoms with van der Waals surface area (Å²) < 4.78 is 5.70. The lowest BCUT2D eigenvalue weighted by atomic mass is 10.0. The van der Waals surface area contributed by atoms with E-state index in [1.54, 1.807) is 11.8 Å². The fraction of sp³-hybridized carbons (Fsp3) is 0.808. The van der Waals surface area contributed by atoms with E-state index in [9.17, 15) is 24.0 Å². The van der Waals surface area contributed by atoms with Crippen molar-refractivity contribution in [3.05, 3.63) is 0 Å². The molecule has 2 rings (SSSR count). The van der Waals surface area contributed by atoms with Crippen LogP contribution in [-0.4, -0.2) is 70.4 Å². The van der Waals surface area contributed by atoms with Crippen LogP contribution in [0.4, 0.5) is 4.79 Å². The second-order valence-electron chi connectivity index (χ2n) is 9.49. The predicted molar refractivity (Wildman–Crippen MR) is 147 cm³/mol. The van der Waals surface area contributed by atoms with Crippen molar-refractivity contribution in [2.75, 3.05) is 18.1 Å². The second-order valence-corrected chi connectivity index (χ2v) is 10.6. The largest absolute Gasteiger partial charge is 0.376 e. The molecule has 37 heavy (non-hydrogen) atoms. The van der Waals surface area contributed by atoms with Crippen LogP contribution in [-0.2, 0) is 23.9 Å². The lowest BCUT2D eigenvalue weighted by Gasteiger charge is -2.25. The van der Waals surface area contributed by atoms with E-state index < -0.39 is 11.5 Å². The van der Waals surface area contributed by atoms with E-state index in [1.807, 2.05) is 34.6 Å². The van der Waals surface area contributed by atoms with Gasteiger partial charge in [-0.25, -0.2) is 9.69 Å². The Morgan fingerprint density at radius 3 is 2.19 bits per heavy atom. The van der Waals surface area contributed by atoms with Gasteiger partial charge in [0.2, 0.25) is 23.6 Å². The van der Waals surface area contributed by atoms with E-state index in [2.05, 4.69) is 17.6 Å². The third-order valence-corrected chi connectivity index (χ3v) is 6.94. The molecule has 0 radical (unpaired) electrons. The number of nitrogens with one attached hydrogen (secondary N) is 2. The van der Waals surface area contributed by atoms with Crippen LogP contribution in [0.25, 0.3) is 0 Å². The van der Waals surface area contributed by atoms with Gasteiger partial charge in [-0.05, 0) is 52.2 Å². The molecule has 0 aromatic carbocycles. The standard InChI is InChI=1S/C14H23NO4.C10H19N3O2S.C2H6/c1-4-5-10-19-14(2,3)9-8-13(18)15-11(16)6-7-12(15)17;1-7-8(13-10(15)12-7)6-16-5-3-2-4-9(11)14;1-2/h4-10H2,1-3H3;7-8H,2-6H2,1H3,(H2,11,14)(H2,12,13,15);1-2H3. The zero-order chi connectivity index (χ0) is 28.4. The van der Waals surface area contributed by atoms with Crippen molar-refractivity contribution >= 4 is 41.4 Å². The Morgan fingerprint density at radius 2 is 1.68 bits per heavy atom. The van der Waals surface area contributed by atoms with Crippen molar-refractivity contribution < 1.29 is 28.7 Å². The molecular formula is C26H48N4O6S. The summed E-state index contributed by atoms with van der Waals surface area (Å²) in [4.78, 5) is 57.0. The minimum Gasteiger partial charge on any atom is -0.376 e. The van der Waals surface area contributed by atoms with E-state index in [4.69, 9.17) is 10.5 Å². The number of likely N-dealkylation sites (tertiary alicyclic amines) is 1. The van der Waals surface area contributed by atoms with Gasteiger partial charge < -0.3 is 21.1 Å². The topological polar surface area (TPSA) is 148 Å². The number of primary amides is 1. The van der Waals surface area contributed by atoms with Gasteiger partial charge in [0.05, 0.1) is 11.6 Å². The fourth-order valence-electron chi connectivity index (χ4n) is 3.48. The van der Waals surface area contributed by atoms with Gasteiger partial charge in [-0.3, -0.25) is 19.2 Å². The molecule has 2 aliphatic rings. The van der Waals surface area contributed by atoms with Crippen LogP contribution in [0, 0.1) is 0 Å². The van der Waals surface area contributed by atoms with Gasteiger partial charge in [0.1, 0.15) is 0 Å². The van der Waals surface area contributed by atoms with Crippen molar-refractivity contribution in [1.29, 1.82) is 0 Å². The molecule has 6 amide bonds. The number of imide groups is 3. The monoisotopic (exact) mass is 544 g/mol. The van der Waals surface area contributed by atoms with Crippen molar-refractivity contribution in [3.8, 4) is 0 Å². The molecule has 2 saturated heterocycles. The van der Waals surface area contributed by atoms with Crippen LogP contribution in [0.1, 0.15) is 99.3 Å². The fourth-order valence-corrected chi connectivity index (χ4v) is 4.68. The highest BCUT2D eigenvalue weighted by molar-refractivity contribution is 7.99. The maximum Gasteiger partial charge on any atom is 0.315 e. The number of thioether (sulfide) groups is 1. The average Bonchev–Trinajstić information content (AvgIpc) is 3.35. The third kappa shape index (κ3) is 15.0. The lowest BCUT2D eigenvalue weighted by Crippen LogP contribution is -2.37. The Labute approximate surface area is 226 Å². The highest BCUT2D eigenvalue weighted by Crippen LogP contribution is 2.20. The number of amides is 6. The van der Waals surface area contributed by atoms with Crippen molar-refractivity contribution in [2.45, 2.75) is 117 Å². The molecule has 2 aliphatic heterocycles. The second kappa shape index (κ2) is 19.0. The number of nitrogens with zero attached hydrogens (tertiary/aromatic N) is 1. The number of hydrogen-bond acceptors (Lipinski definition) is 7. The van der Waals surface area contributed by atoms with E-state index >= 15 is 0 Å². The van der Waals surface area contributed by atoms with Crippen LogP contribution >= 0.6 is 11.8 Å². The van der Waals surface area contributed by atoms with Gasteiger partial charge in [0.15, 0.2) is 0 Å². The molecule has 214 valence electrons. The van der Waals surface area contributed by atoms with E-state index in [0.29, 0.717) is 19.4 Å². The first-order chi connectivity index (χ1) is 17.5. The Kier molecular flexibility index (Phi) is 17.9. The quantitative estimate of drug-likeness (QED) is 0.224. The minimum atomic E-state index is -0.406. The molecule has 2 heterocycles. The zero-order valence-electron chi connectivity index (χ0n) is 23.5. The maximum atomic E-state index is 11.9. The van der Waals surface area contributed by atoms with Gasteiger partial charge in [-0.1, -0.05) is 27.2 Å². The number of carbonyl (C=O) groups is 5.